The molecule has 1 fully saturated rings. The Morgan fingerprint density at radius 3 is 1.48 bits per heavy atom. The molecule has 5 rings (SSSR count). The summed E-state index contributed by atoms with van der Waals surface area (Å²) in [6.45, 7) is 9.27. The Bertz CT molecular complexity index is 1450. The van der Waals surface area contributed by atoms with E-state index in [1.165, 1.54) is 36.4 Å². The molecule has 1 heterocycles. The van der Waals surface area contributed by atoms with Crippen molar-refractivity contribution in [2.75, 3.05) is 20.1 Å². The van der Waals surface area contributed by atoms with E-state index in [4.69, 9.17) is 0 Å². The summed E-state index contributed by atoms with van der Waals surface area (Å²) in [6.07, 6.45) is 0.912. The van der Waals surface area contributed by atoms with Crippen molar-refractivity contribution in [2.24, 2.45) is 5.92 Å². The molecular weight excluding hydrogens is 561 g/mol. The van der Waals surface area contributed by atoms with E-state index < -0.39 is 5.41 Å². The first-order chi connectivity index (χ1) is 20.9. The molecule has 232 valence electrons. The first kappa shape index (κ1) is 34.1. The summed E-state index contributed by atoms with van der Waals surface area (Å²) in [5.41, 5.74) is 3.39. The minimum atomic E-state index is -0.786. The van der Waals surface area contributed by atoms with Crippen molar-refractivity contribution in [2.45, 2.75) is 46.0 Å². The highest BCUT2D eigenvalue weighted by atomic mass is 19.1. The molecule has 0 spiro atoms. The molecule has 0 aliphatic carbocycles. The fourth-order valence-corrected chi connectivity index (χ4v) is 4.91. The zero-order chi connectivity index (χ0) is 32.3. The van der Waals surface area contributed by atoms with Crippen molar-refractivity contribution in [1.82, 2.24) is 10.2 Å². The zero-order valence-corrected chi connectivity index (χ0v) is 26.0. The lowest BCUT2D eigenvalue weighted by molar-refractivity contribution is -0.128. The van der Waals surface area contributed by atoms with E-state index >= 15 is 0 Å². The molecule has 1 saturated heterocycles. The Labute approximate surface area is 258 Å². The van der Waals surface area contributed by atoms with E-state index in [1.807, 2.05) is 19.1 Å². The summed E-state index contributed by atoms with van der Waals surface area (Å²) in [4.78, 5) is 27.6. The number of nitrogens with zero attached hydrogens (tertiary/aromatic N) is 1. The minimum Gasteiger partial charge on any atom is -0.358 e. The van der Waals surface area contributed by atoms with Gasteiger partial charge in [0.2, 0.25) is 5.91 Å². The molecule has 0 unspecified atom stereocenters. The lowest BCUT2D eigenvalue weighted by Crippen LogP contribution is -2.52. The number of carbonyl (C=O) groups excluding carboxylic acids is 2. The maximum absolute atomic E-state index is 13.4. The Hall–Kier alpha value is -4.39. The SMILES string of the molecule is CC(C)C.CNC(=O)C1(c2ccc(F)cc2)CCN(C(=O)c2ccc(-c3ccc(F)cc3)cc2)CC1.Cc1ccc(F)cc1. The number of carbonyl (C=O) groups is 2. The number of amides is 2. The smallest absolute Gasteiger partial charge is 0.253 e. The molecule has 4 aromatic rings. The highest BCUT2D eigenvalue weighted by Crippen LogP contribution is 2.36. The van der Waals surface area contributed by atoms with Gasteiger partial charge in [-0.05, 0) is 90.9 Å². The fourth-order valence-electron chi connectivity index (χ4n) is 4.91. The van der Waals surface area contributed by atoms with Gasteiger partial charge in [-0.2, -0.15) is 0 Å². The number of nitrogens with one attached hydrogen (secondary N) is 1. The third-order valence-electron chi connectivity index (χ3n) is 7.28. The van der Waals surface area contributed by atoms with E-state index in [0.717, 1.165) is 28.2 Å². The lowest BCUT2D eigenvalue weighted by Gasteiger charge is -2.40. The van der Waals surface area contributed by atoms with Crippen LogP contribution >= 0.6 is 0 Å². The van der Waals surface area contributed by atoms with Gasteiger partial charge >= 0.3 is 0 Å². The van der Waals surface area contributed by atoms with Crippen molar-refractivity contribution >= 4 is 11.8 Å². The molecule has 1 aliphatic heterocycles. The normalized spacial score (nSPS) is 13.6. The number of likely N-dealkylation sites (N-methyl/N-ethyl adjacent to an activating group) is 1. The standard InChI is InChI=1S/C26H24F2N2O2.C7H7F.C4H10/c1-29-25(32)26(21-8-12-23(28)13-9-21)14-16-30(17-15-26)24(31)20-4-2-18(3-5-20)19-6-10-22(27)11-7-19;1-6-2-4-7(8)5-3-6;1-4(2)3/h2-13H,14-17H2,1H3,(H,29,32);2-5H,1H3;4H,1-3H3. The molecule has 0 atom stereocenters. The van der Waals surface area contributed by atoms with Crippen molar-refractivity contribution in [3.8, 4) is 11.1 Å². The molecule has 44 heavy (non-hydrogen) atoms. The maximum Gasteiger partial charge on any atom is 0.253 e. The molecule has 1 N–H and O–H groups in total. The number of halogens is 3. The van der Waals surface area contributed by atoms with Gasteiger partial charge in [0.25, 0.3) is 5.91 Å². The summed E-state index contributed by atoms with van der Waals surface area (Å²) in [6, 6.07) is 25.8. The van der Waals surface area contributed by atoms with Crippen LogP contribution in [0.5, 0.6) is 0 Å². The van der Waals surface area contributed by atoms with E-state index in [0.29, 0.717) is 31.5 Å². The van der Waals surface area contributed by atoms with Crippen LogP contribution in [-0.4, -0.2) is 36.9 Å². The number of hydrogen-bond donors (Lipinski definition) is 1. The molecule has 0 bridgehead atoms. The summed E-state index contributed by atoms with van der Waals surface area (Å²) in [5.74, 6) is -0.202. The van der Waals surface area contributed by atoms with Crippen LogP contribution in [-0.2, 0) is 10.2 Å². The van der Waals surface area contributed by atoms with Gasteiger partial charge in [0, 0.05) is 25.7 Å². The molecule has 7 heteroatoms. The van der Waals surface area contributed by atoms with E-state index in [-0.39, 0.29) is 29.3 Å². The number of piperidine rings is 1. The second kappa shape index (κ2) is 15.9. The van der Waals surface area contributed by atoms with Crippen LogP contribution in [0.2, 0.25) is 0 Å². The summed E-state index contributed by atoms with van der Waals surface area (Å²) in [7, 11) is 1.59. The van der Waals surface area contributed by atoms with Crippen LogP contribution in [0.15, 0.2) is 97.1 Å². The lowest BCUT2D eigenvalue weighted by atomic mass is 9.72. The first-order valence-electron chi connectivity index (χ1n) is 14.8. The maximum atomic E-state index is 13.4. The second-order valence-electron chi connectivity index (χ2n) is 11.6. The van der Waals surface area contributed by atoms with Gasteiger partial charge in [-0.1, -0.05) is 74.9 Å². The summed E-state index contributed by atoms with van der Waals surface area (Å²) < 4.78 is 38.6. The van der Waals surface area contributed by atoms with E-state index in [9.17, 15) is 22.8 Å². The van der Waals surface area contributed by atoms with E-state index in [2.05, 4.69) is 26.1 Å². The highest BCUT2D eigenvalue weighted by Gasteiger charge is 2.43. The van der Waals surface area contributed by atoms with Gasteiger partial charge in [0.1, 0.15) is 17.5 Å². The molecule has 2 amide bonds. The van der Waals surface area contributed by atoms with Crippen LogP contribution in [0.3, 0.4) is 0 Å². The van der Waals surface area contributed by atoms with Crippen LogP contribution in [0.1, 0.15) is 55.1 Å². The van der Waals surface area contributed by atoms with Crippen LogP contribution in [0.25, 0.3) is 11.1 Å². The number of benzene rings is 4. The summed E-state index contributed by atoms with van der Waals surface area (Å²) >= 11 is 0. The molecule has 0 saturated carbocycles. The minimum absolute atomic E-state index is 0.0970. The summed E-state index contributed by atoms with van der Waals surface area (Å²) in [5, 5.41) is 2.73. The molecule has 0 aromatic heterocycles. The topological polar surface area (TPSA) is 49.4 Å². The van der Waals surface area contributed by atoms with Gasteiger partial charge in [0.15, 0.2) is 0 Å². The number of aryl methyl sites for hydroxylation is 1. The van der Waals surface area contributed by atoms with Crippen molar-refractivity contribution in [1.29, 1.82) is 0 Å². The number of likely N-dealkylation sites (tertiary alicyclic amines) is 1. The molecular formula is C37H41F3N2O2. The third kappa shape index (κ3) is 9.30. The van der Waals surface area contributed by atoms with Gasteiger partial charge in [-0.25, -0.2) is 13.2 Å². The van der Waals surface area contributed by atoms with Crippen LogP contribution < -0.4 is 5.32 Å². The van der Waals surface area contributed by atoms with Gasteiger partial charge in [-0.3, -0.25) is 9.59 Å². The quantitative estimate of drug-likeness (QED) is 0.255. The Morgan fingerprint density at radius 2 is 1.07 bits per heavy atom. The Balaban J connectivity index is 0.000000370. The van der Waals surface area contributed by atoms with Crippen molar-refractivity contribution in [3.05, 3.63) is 131 Å². The van der Waals surface area contributed by atoms with Gasteiger partial charge in [0.05, 0.1) is 5.41 Å². The predicted molar refractivity (Wildman–Crippen MR) is 171 cm³/mol. The van der Waals surface area contributed by atoms with Crippen molar-refractivity contribution in [3.63, 3.8) is 0 Å². The molecule has 0 radical (unpaired) electrons. The van der Waals surface area contributed by atoms with Crippen LogP contribution in [0.4, 0.5) is 13.2 Å². The Morgan fingerprint density at radius 1 is 0.682 bits per heavy atom. The number of hydrogen-bond acceptors (Lipinski definition) is 2. The average molecular weight is 603 g/mol. The Kier molecular flexibility index (Phi) is 12.3. The fraction of sp³-hybridized carbons (Fsp3) is 0.297. The zero-order valence-electron chi connectivity index (χ0n) is 26.0. The highest BCUT2D eigenvalue weighted by molar-refractivity contribution is 5.95. The predicted octanol–water partition coefficient (Wildman–Crippen LogP) is 8.35. The van der Waals surface area contributed by atoms with Gasteiger partial charge < -0.3 is 10.2 Å². The molecule has 4 aromatic carbocycles. The molecule has 4 nitrogen and oxygen atoms in total. The molecule has 1 aliphatic rings. The first-order valence-corrected chi connectivity index (χ1v) is 14.8. The van der Waals surface area contributed by atoms with Gasteiger partial charge in [-0.15, -0.1) is 0 Å². The second-order valence-corrected chi connectivity index (χ2v) is 11.6. The van der Waals surface area contributed by atoms with Crippen LogP contribution in [0, 0.1) is 30.3 Å². The largest absolute Gasteiger partial charge is 0.358 e. The van der Waals surface area contributed by atoms with Crippen molar-refractivity contribution < 1.29 is 22.8 Å². The average Bonchev–Trinajstić information content (AvgIpc) is 3.02. The van der Waals surface area contributed by atoms with E-state index in [1.54, 1.807) is 60.5 Å². The number of rotatable bonds is 4. The third-order valence-corrected chi connectivity index (χ3v) is 7.28. The monoisotopic (exact) mass is 602 g/mol.